The highest BCUT2D eigenvalue weighted by Crippen LogP contribution is 2.25. The maximum atomic E-state index is 11.8. The average Bonchev–Trinajstić information content (AvgIpc) is 2.88. The number of hydrogen-bond acceptors (Lipinski definition) is 4. The number of benzene rings is 1. The molecular weight excluding hydrogens is 493 g/mol. The lowest BCUT2D eigenvalue weighted by Crippen LogP contribution is -2.33. The summed E-state index contributed by atoms with van der Waals surface area (Å²) in [6.07, 6.45) is 15.4. The first-order valence-corrected chi connectivity index (χ1v) is 13.0. The lowest BCUT2D eigenvalue weighted by atomic mass is 9.89. The fourth-order valence-electron chi connectivity index (χ4n) is 5.12. The lowest BCUT2D eigenvalue weighted by molar-refractivity contribution is 0.197. The van der Waals surface area contributed by atoms with Crippen LogP contribution in [0.25, 0.3) is 10.9 Å². The summed E-state index contributed by atoms with van der Waals surface area (Å²) < 4.78 is 7.68. The van der Waals surface area contributed by atoms with Crippen molar-refractivity contribution in [3.63, 3.8) is 0 Å². The molecule has 0 unspecified atom stereocenters. The van der Waals surface area contributed by atoms with Gasteiger partial charge in [0.1, 0.15) is 5.75 Å². The van der Waals surface area contributed by atoms with E-state index in [1.165, 1.54) is 63.6 Å². The van der Waals surface area contributed by atoms with Crippen LogP contribution in [0.5, 0.6) is 5.75 Å². The maximum absolute atomic E-state index is 11.8. The summed E-state index contributed by atoms with van der Waals surface area (Å²) >= 11 is 0. The second-order valence-corrected chi connectivity index (χ2v) is 9.78. The molecule has 0 atom stereocenters. The van der Waals surface area contributed by atoms with Gasteiger partial charge in [-0.3, -0.25) is 9.78 Å². The second-order valence-electron chi connectivity index (χ2n) is 9.78. The van der Waals surface area contributed by atoms with E-state index in [1.54, 1.807) is 17.7 Å². The lowest BCUT2D eigenvalue weighted by Gasteiger charge is -2.30. The molecule has 0 saturated heterocycles. The standard InChI is InChI=1S/C29H39N3O2.2ClH/c1-31-28-14-13-27(21-26(28)12-15-29(31)33)34-20-7-3-6-18-32(23-25-9-4-2-5-10-25)19-16-24-11-8-17-30-22-24;;/h8,11-15,17,21-22,25H,2-7,9-10,16,18-20,23H2,1H3;2*1H. The fourth-order valence-corrected chi connectivity index (χ4v) is 5.12. The molecule has 0 bridgehead atoms. The number of aryl methyl sites for hydroxylation is 1. The van der Waals surface area contributed by atoms with Gasteiger partial charge in [-0.1, -0.05) is 25.3 Å². The topological polar surface area (TPSA) is 47.4 Å². The van der Waals surface area contributed by atoms with Crippen molar-refractivity contribution in [3.05, 3.63) is 70.8 Å². The largest absolute Gasteiger partial charge is 0.494 e. The Morgan fingerprint density at radius 2 is 1.83 bits per heavy atom. The van der Waals surface area contributed by atoms with Gasteiger partial charge in [-0.15, -0.1) is 24.8 Å². The van der Waals surface area contributed by atoms with Crippen LogP contribution in [0.4, 0.5) is 0 Å². The van der Waals surface area contributed by atoms with Crippen LogP contribution in [-0.2, 0) is 13.5 Å². The quantitative estimate of drug-likeness (QED) is 0.251. The van der Waals surface area contributed by atoms with Crippen LogP contribution in [0.15, 0.2) is 59.7 Å². The summed E-state index contributed by atoms with van der Waals surface area (Å²) in [6.45, 7) is 4.27. The molecule has 1 aliphatic rings. The predicted molar refractivity (Wildman–Crippen MR) is 154 cm³/mol. The number of fused-ring (bicyclic) bond motifs is 1. The Morgan fingerprint density at radius 1 is 1.00 bits per heavy atom. The van der Waals surface area contributed by atoms with Gasteiger partial charge >= 0.3 is 0 Å². The van der Waals surface area contributed by atoms with E-state index >= 15 is 0 Å². The summed E-state index contributed by atoms with van der Waals surface area (Å²) in [5.41, 5.74) is 2.28. The van der Waals surface area contributed by atoms with E-state index in [9.17, 15) is 4.79 Å². The first kappa shape index (κ1) is 30.1. The van der Waals surface area contributed by atoms with E-state index in [-0.39, 0.29) is 30.4 Å². The van der Waals surface area contributed by atoms with E-state index in [4.69, 9.17) is 4.74 Å². The minimum atomic E-state index is 0. The Bertz CT molecular complexity index is 1080. The van der Waals surface area contributed by atoms with Crippen molar-refractivity contribution >= 4 is 35.7 Å². The second kappa shape index (κ2) is 15.9. The first-order chi connectivity index (χ1) is 16.7. The predicted octanol–water partition coefficient (Wildman–Crippen LogP) is 6.45. The molecule has 1 fully saturated rings. The van der Waals surface area contributed by atoms with Gasteiger partial charge in [-0.25, -0.2) is 0 Å². The van der Waals surface area contributed by atoms with Crippen LogP contribution in [-0.4, -0.2) is 40.7 Å². The van der Waals surface area contributed by atoms with Crippen LogP contribution in [0.3, 0.4) is 0 Å². The van der Waals surface area contributed by atoms with Gasteiger partial charge in [0, 0.05) is 44.0 Å². The molecule has 2 heterocycles. The molecule has 3 aromatic rings. The zero-order valence-corrected chi connectivity index (χ0v) is 23.1. The highest BCUT2D eigenvalue weighted by Gasteiger charge is 2.17. The first-order valence-electron chi connectivity index (χ1n) is 13.0. The number of aromatic nitrogens is 2. The smallest absolute Gasteiger partial charge is 0.250 e. The van der Waals surface area contributed by atoms with E-state index in [1.807, 2.05) is 42.7 Å². The van der Waals surface area contributed by atoms with Crippen LogP contribution >= 0.6 is 24.8 Å². The third kappa shape index (κ3) is 9.10. The van der Waals surface area contributed by atoms with Crippen molar-refractivity contribution in [2.24, 2.45) is 13.0 Å². The SMILES string of the molecule is Cl.Cl.Cn1c(=O)ccc2cc(OCCCCCN(CCc3cccnc3)CC3CCCCC3)ccc21. The van der Waals surface area contributed by atoms with Crippen LogP contribution < -0.4 is 10.3 Å². The van der Waals surface area contributed by atoms with Gasteiger partial charge in [0.05, 0.1) is 12.1 Å². The third-order valence-corrected chi connectivity index (χ3v) is 7.16. The highest BCUT2D eigenvalue weighted by molar-refractivity contribution is 5.85. The summed E-state index contributed by atoms with van der Waals surface area (Å²) in [5, 5.41) is 1.03. The van der Waals surface area contributed by atoms with E-state index in [0.717, 1.165) is 48.6 Å². The molecule has 0 radical (unpaired) electrons. The number of unbranched alkanes of at least 4 members (excludes halogenated alkanes) is 2. The molecular formula is C29H41Cl2N3O2. The summed E-state index contributed by atoms with van der Waals surface area (Å²) in [4.78, 5) is 18.8. The summed E-state index contributed by atoms with van der Waals surface area (Å²) in [7, 11) is 1.81. The van der Waals surface area contributed by atoms with Gasteiger partial charge in [0.25, 0.3) is 5.56 Å². The average molecular weight is 535 g/mol. The molecule has 36 heavy (non-hydrogen) atoms. The molecule has 0 N–H and O–H groups in total. The summed E-state index contributed by atoms with van der Waals surface area (Å²) in [6, 6.07) is 13.7. The molecule has 4 rings (SSSR count). The Kier molecular flexibility index (Phi) is 13.3. The number of halogens is 2. The van der Waals surface area contributed by atoms with Crippen molar-refractivity contribution in [1.82, 2.24) is 14.5 Å². The fraction of sp³-hybridized carbons (Fsp3) is 0.517. The zero-order valence-electron chi connectivity index (χ0n) is 21.4. The molecule has 198 valence electrons. The van der Waals surface area contributed by atoms with Crippen LogP contribution in [0.1, 0.15) is 56.9 Å². The van der Waals surface area contributed by atoms with Crippen LogP contribution in [0, 0.1) is 5.92 Å². The molecule has 1 saturated carbocycles. The van der Waals surface area contributed by atoms with Gasteiger partial charge in [0.2, 0.25) is 0 Å². The molecule has 2 aromatic heterocycles. The van der Waals surface area contributed by atoms with Crippen molar-refractivity contribution < 1.29 is 4.74 Å². The van der Waals surface area contributed by atoms with E-state index in [0.29, 0.717) is 0 Å². The van der Waals surface area contributed by atoms with Crippen molar-refractivity contribution in [1.29, 1.82) is 0 Å². The third-order valence-electron chi connectivity index (χ3n) is 7.16. The van der Waals surface area contributed by atoms with Crippen molar-refractivity contribution in [2.45, 2.75) is 57.8 Å². The van der Waals surface area contributed by atoms with Gasteiger partial charge in [-0.2, -0.15) is 0 Å². The molecule has 0 aliphatic heterocycles. The zero-order chi connectivity index (χ0) is 23.6. The van der Waals surface area contributed by atoms with Gasteiger partial charge in [-0.05, 0) is 86.9 Å². The molecule has 0 amide bonds. The minimum absolute atomic E-state index is 0. The number of ether oxygens (including phenoxy) is 1. The molecule has 1 aliphatic carbocycles. The number of hydrogen-bond donors (Lipinski definition) is 0. The van der Waals surface area contributed by atoms with Crippen molar-refractivity contribution in [2.75, 3.05) is 26.2 Å². The van der Waals surface area contributed by atoms with E-state index in [2.05, 4.69) is 16.0 Å². The maximum Gasteiger partial charge on any atom is 0.250 e. The Balaban J connectivity index is 0.00000228. The van der Waals surface area contributed by atoms with Gasteiger partial charge in [0.15, 0.2) is 0 Å². The molecule has 7 heteroatoms. The number of rotatable bonds is 12. The van der Waals surface area contributed by atoms with Crippen molar-refractivity contribution in [3.8, 4) is 5.75 Å². The van der Waals surface area contributed by atoms with Gasteiger partial charge < -0.3 is 14.2 Å². The Labute approximate surface area is 228 Å². The highest BCUT2D eigenvalue weighted by atomic mass is 35.5. The number of nitrogens with zero attached hydrogens (tertiary/aromatic N) is 3. The minimum Gasteiger partial charge on any atom is -0.494 e. The summed E-state index contributed by atoms with van der Waals surface area (Å²) in [5.74, 6) is 1.75. The molecule has 1 aromatic carbocycles. The monoisotopic (exact) mass is 533 g/mol. The molecule has 0 spiro atoms. The van der Waals surface area contributed by atoms with E-state index < -0.39 is 0 Å². The Hall–Kier alpha value is -2.08. The Morgan fingerprint density at radius 3 is 2.61 bits per heavy atom. The normalized spacial score (nSPS) is 13.8. The van der Waals surface area contributed by atoms with Crippen LogP contribution in [0.2, 0.25) is 0 Å². The number of pyridine rings is 2. The molecule has 5 nitrogen and oxygen atoms in total.